The molecule has 0 aromatic heterocycles. The lowest BCUT2D eigenvalue weighted by molar-refractivity contribution is -0.117. The molecular formula is C19H19N3O3S. The predicted molar refractivity (Wildman–Crippen MR) is 99.5 cm³/mol. The highest BCUT2D eigenvalue weighted by Crippen LogP contribution is 2.30. The van der Waals surface area contributed by atoms with Crippen LogP contribution in [0.3, 0.4) is 0 Å². The van der Waals surface area contributed by atoms with E-state index in [1.54, 1.807) is 24.3 Å². The van der Waals surface area contributed by atoms with E-state index in [0.717, 1.165) is 24.1 Å². The molecule has 2 N–H and O–H groups in total. The van der Waals surface area contributed by atoms with E-state index in [1.807, 2.05) is 31.2 Å². The zero-order valence-electron chi connectivity index (χ0n) is 14.3. The first-order valence-electron chi connectivity index (χ1n) is 8.55. The van der Waals surface area contributed by atoms with Crippen molar-refractivity contribution in [1.29, 1.82) is 0 Å². The average Bonchev–Trinajstić information content (AvgIpc) is 3.43. The number of amidine groups is 1. The Hall–Kier alpha value is -2.67. The van der Waals surface area contributed by atoms with Gasteiger partial charge in [0.2, 0.25) is 5.91 Å². The number of aliphatic imine (C=N–C) groups is 1. The van der Waals surface area contributed by atoms with Gasteiger partial charge in [-0.3, -0.25) is 14.5 Å². The maximum absolute atomic E-state index is 12.2. The van der Waals surface area contributed by atoms with Crippen molar-refractivity contribution in [3.63, 3.8) is 0 Å². The second-order valence-corrected chi connectivity index (χ2v) is 8.29. The third-order valence-electron chi connectivity index (χ3n) is 4.59. The maximum Gasteiger partial charge on any atom is 0.263 e. The molecular weight excluding hydrogens is 350 g/mol. The van der Waals surface area contributed by atoms with Crippen molar-refractivity contribution in [1.82, 2.24) is 4.72 Å². The molecule has 6 nitrogen and oxygen atoms in total. The van der Waals surface area contributed by atoms with Crippen LogP contribution in [-0.4, -0.2) is 20.2 Å². The van der Waals surface area contributed by atoms with Crippen LogP contribution in [0.1, 0.15) is 36.9 Å². The highest BCUT2D eigenvalue weighted by atomic mass is 32.2. The van der Waals surface area contributed by atoms with Crippen LogP contribution in [0.2, 0.25) is 0 Å². The number of benzene rings is 2. The molecule has 0 radical (unpaired) electrons. The molecule has 1 atom stereocenters. The number of anilines is 1. The summed E-state index contributed by atoms with van der Waals surface area (Å²) < 4.78 is 26.8. The molecule has 7 heteroatoms. The first-order chi connectivity index (χ1) is 12.4. The summed E-state index contributed by atoms with van der Waals surface area (Å²) in [7, 11) is -3.53. The summed E-state index contributed by atoms with van der Waals surface area (Å²) in [6.07, 6.45) is 1.94. The van der Waals surface area contributed by atoms with Crippen LogP contribution in [0.15, 0.2) is 58.4 Å². The highest BCUT2D eigenvalue weighted by molar-refractivity contribution is 7.90. The van der Waals surface area contributed by atoms with E-state index in [0.29, 0.717) is 11.4 Å². The maximum atomic E-state index is 12.2. The van der Waals surface area contributed by atoms with Gasteiger partial charge in [-0.05, 0) is 49.6 Å². The van der Waals surface area contributed by atoms with Crippen molar-refractivity contribution < 1.29 is 13.2 Å². The Morgan fingerprint density at radius 2 is 1.85 bits per heavy atom. The zero-order chi connectivity index (χ0) is 18.3. The van der Waals surface area contributed by atoms with Crippen LogP contribution >= 0.6 is 0 Å². The smallest absolute Gasteiger partial charge is 0.263 e. The summed E-state index contributed by atoms with van der Waals surface area (Å²) >= 11 is 0. The van der Waals surface area contributed by atoms with Gasteiger partial charge in [0.15, 0.2) is 0 Å². The molecule has 2 aromatic rings. The number of nitrogens with one attached hydrogen (secondary N) is 2. The van der Waals surface area contributed by atoms with Gasteiger partial charge in [-0.2, -0.15) is 0 Å². The summed E-state index contributed by atoms with van der Waals surface area (Å²) in [5, 5.41) is 2.90. The van der Waals surface area contributed by atoms with E-state index in [9.17, 15) is 13.2 Å². The second-order valence-electron chi connectivity index (χ2n) is 6.64. The third-order valence-corrected chi connectivity index (χ3v) is 5.99. The third kappa shape index (κ3) is 3.22. The standard InChI is InChI=1S/C19H19N3O3S/c1-12(13-8-10-15(11-9-13)21-19(23)14-6-7-14)20-18-16-4-2-3-5-17(16)26(24,25)22-18/h2-5,8-12,14H,6-7H2,1H3,(H,20,22)(H,21,23)/t12-/m0/s1. The fraction of sp³-hybridized carbons (Fsp3) is 0.263. The van der Waals surface area contributed by atoms with Crippen molar-refractivity contribution in [3.05, 3.63) is 59.7 Å². The van der Waals surface area contributed by atoms with Gasteiger partial charge in [-0.15, -0.1) is 0 Å². The highest BCUT2D eigenvalue weighted by Gasteiger charge is 2.31. The number of sulfonamides is 1. The van der Waals surface area contributed by atoms with Crippen molar-refractivity contribution >= 4 is 27.5 Å². The van der Waals surface area contributed by atoms with Crippen LogP contribution < -0.4 is 10.0 Å². The topological polar surface area (TPSA) is 87.6 Å². The Bertz CT molecular complexity index is 993. The van der Waals surface area contributed by atoms with Gasteiger partial charge in [0.25, 0.3) is 10.0 Å². The monoisotopic (exact) mass is 369 g/mol. The summed E-state index contributed by atoms with van der Waals surface area (Å²) in [6, 6.07) is 14.1. The Kier molecular flexibility index (Phi) is 4.03. The number of carbonyl (C=O) groups is 1. The molecule has 0 spiro atoms. The normalized spacial score (nSPS) is 20.3. The minimum absolute atomic E-state index is 0.0722. The van der Waals surface area contributed by atoms with Crippen molar-refractivity contribution in [3.8, 4) is 0 Å². The van der Waals surface area contributed by atoms with Crippen LogP contribution in [0.25, 0.3) is 0 Å². The largest absolute Gasteiger partial charge is 0.326 e. The molecule has 1 fully saturated rings. The number of rotatable bonds is 4. The van der Waals surface area contributed by atoms with Crippen LogP contribution in [-0.2, 0) is 14.8 Å². The van der Waals surface area contributed by atoms with Gasteiger partial charge in [0, 0.05) is 17.2 Å². The number of hydrogen-bond acceptors (Lipinski definition) is 4. The lowest BCUT2D eigenvalue weighted by Crippen LogP contribution is -2.22. The predicted octanol–water partition coefficient (Wildman–Crippen LogP) is 2.83. The summed E-state index contributed by atoms with van der Waals surface area (Å²) in [4.78, 5) is 16.6. The summed E-state index contributed by atoms with van der Waals surface area (Å²) in [5.41, 5.74) is 2.29. The summed E-state index contributed by atoms with van der Waals surface area (Å²) in [6.45, 7) is 1.90. The molecule has 0 saturated heterocycles. The zero-order valence-corrected chi connectivity index (χ0v) is 15.1. The molecule has 0 unspecified atom stereocenters. The Morgan fingerprint density at radius 1 is 1.15 bits per heavy atom. The molecule has 134 valence electrons. The number of nitrogens with zero attached hydrogens (tertiary/aromatic N) is 1. The van der Waals surface area contributed by atoms with Gasteiger partial charge in [-0.25, -0.2) is 8.42 Å². The van der Waals surface area contributed by atoms with Gasteiger partial charge in [0.1, 0.15) is 5.84 Å². The second kappa shape index (κ2) is 6.25. The van der Waals surface area contributed by atoms with E-state index < -0.39 is 10.0 Å². The molecule has 2 aliphatic rings. The van der Waals surface area contributed by atoms with Crippen molar-refractivity contribution in [2.24, 2.45) is 10.9 Å². The quantitative estimate of drug-likeness (QED) is 0.869. The number of fused-ring (bicyclic) bond motifs is 1. The Labute approximate surface area is 152 Å². The van der Waals surface area contributed by atoms with Gasteiger partial charge >= 0.3 is 0 Å². The lowest BCUT2D eigenvalue weighted by atomic mass is 10.1. The Morgan fingerprint density at radius 3 is 2.54 bits per heavy atom. The van der Waals surface area contributed by atoms with E-state index in [-0.39, 0.29) is 22.8 Å². The van der Waals surface area contributed by atoms with Crippen LogP contribution in [0, 0.1) is 5.92 Å². The molecule has 1 heterocycles. The first-order valence-corrected chi connectivity index (χ1v) is 10.0. The number of hydrogen-bond donors (Lipinski definition) is 2. The van der Waals surface area contributed by atoms with Gasteiger partial charge < -0.3 is 5.32 Å². The molecule has 2 aromatic carbocycles. The molecule has 1 aliphatic heterocycles. The van der Waals surface area contributed by atoms with E-state index in [2.05, 4.69) is 15.0 Å². The van der Waals surface area contributed by atoms with E-state index >= 15 is 0 Å². The summed E-state index contributed by atoms with van der Waals surface area (Å²) in [5.74, 6) is 0.595. The molecule has 0 bridgehead atoms. The van der Waals surface area contributed by atoms with E-state index in [4.69, 9.17) is 0 Å². The van der Waals surface area contributed by atoms with Gasteiger partial charge in [-0.1, -0.05) is 24.3 Å². The Balaban J connectivity index is 1.54. The fourth-order valence-electron chi connectivity index (χ4n) is 2.93. The van der Waals surface area contributed by atoms with Gasteiger partial charge in [0.05, 0.1) is 10.9 Å². The number of amides is 1. The fourth-order valence-corrected chi connectivity index (χ4v) is 4.17. The van der Waals surface area contributed by atoms with Crippen molar-refractivity contribution in [2.45, 2.75) is 30.7 Å². The molecule has 26 heavy (non-hydrogen) atoms. The van der Waals surface area contributed by atoms with Crippen LogP contribution in [0.4, 0.5) is 5.69 Å². The number of carbonyl (C=O) groups excluding carboxylic acids is 1. The SMILES string of the molecule is C[C@H](N=C1NS(=O)(=O)c2ccccc21)c1ccc(NC(=O)C2CC2)cc1. The minimum atomic E-state index is -3.53. The molecule has 4 rings (SSSR count). The van der Waals surface area contributed by atoms with Crippen LogP contribution in [0.5, 0.6) is 0 Å². The first kappa shape index (κ1) is 16.8. The minimum Gasteiger partial charge on any atom is -0.326 e. The average molecular weight is 369 g/mol. The lowest BCUT2D eigenvalue weighted by Gasteiger charge is -2.10. The van der Waals surface area contributed by atoms with E-state index in [1.165, 1.54) is 0 Å². The molecule has 1 saturated carbocycles. The molecule has 1 amide bonds. The van der Waals surface area contributed by atoms with Crippen molar-refractivity contribution in [2.75, 3.05) is 5.32 Å². The molecule has 1 aliphatic carbocycles.